The van der Waals surface area contributed by atoms with E-state index in [-0.39, 0.29) is 0 Å². The van der Waals surface area contributed by atoms with Crippen molar-refractivity contribution in [3.8, 4) is 0 Å². The van der Waals surface area contributed by atoms with E-state index < -0.39 is 0 Å². The first-order valence-corrected chi connectivity index (χ1v) is 7.90. The number of morpholine rings is 1. The van der Waals surface area contributed by atoms with Crippen LogP contribution in [0.5, 0.6) is 0 Å². The van der Waals surface area contributed by atoms with Crippen molar-refractivity contribution in [1.29, 1.82) is 0 Å². The number of hydrogen-bond donors (Lipinski definition) is 1. The predicted molar refractivity (Wildman–Crippen MR) is 83.9 cm³/mol. The second kappa shape index (κ2) is 7.77. The fraction of sp³-hybridized carbons (Fsp3) is 0.647. The number of benzene rings is 1. The number of hydrogen-bond acceptors (Lipinski definition) is 3. The molecule has 1 aliphatic heterocycles. The molecular formula is C17H28N2O. The second-order valence-electron chi connectivity index (χ2n) is 5.60. The molecule has 0 radical (unpaired) electrons. The maximum absolute atomic E-state index is 5.69. The van der Waals surface area contributed by atoms with Crippen molar-refractivity contribution in [2.24, 2.45) is 0 Å². The van der Waals surface area contributed by atoms with Crippen molar-refractivity contribution < 1.29 is 4.74 Å². The van der Waals surface area contributed by atoms with Crippen molar-refractivity contribution in [1.82, 2.24) is 10.2 Å². The Hall–Kier alpha value is -0.900. The van der Waals surface area contributed by atoms with Gasteiger partial charge in [-0.1, -0.05) is 44.2 Å². The lowest BCUT2D eigenvalue weighted by Crippen LogP contribution is -2.51. The van der Waals surface area contributed by atoms with Gasteiger partial charge in [0.05, 0.1) is 12.7 Å². The van der Waals surface area contributed by atoms with E-state index in [1.54, 1.807) is 0 Å². The number of ether oxygens (including phenoxy) is 1. The fourth-order valence-electron chi connectivity index (χ4n) is 3.21. The molecule has 20 heavy (non-hydrogen) atoms. The third-order valence-corrected chi connectivity index (χ3v) is 4.13. The minimum Gasteiger partial charge on any atom is -0.376 e. The Labute approximate surface area is 123 Å². The van der Waals surface area contributed by atoms with Crippen LogP contribution in [0.2, 0.25) is 0 Å². The zero-order chi connectivity index (χ0) is 14.4. The van der Waals surface area contributed by atoms with E-state index in [1.165, 1.54) is 5.56 Å². The lowest BCUT2D eigenvalue weighted by atomic mass is 9.95. The summed E-state index contributed by atoms with van der Waals surface area (Å²) in [5.74, 6) is 0. The third kappa shape index (κ3) is 3.81. The van der Waals surface area contributed by atoms with Gasteiger partial charge in [0.15, 0.2) is 0 Å². The molecule has 3 heteroatoms. The van der Waals surface area contributed by atoms with Gasteiger partial charge >= 0.3 is 0 Å². The highest BCUT2D eigenvalue weighted by molar-refractivity contribution is 5.20. The standard InChI is InChI=1S/C17H28N2O/c1-4-16(19-11-12-20-14(3)13-19)17(18-5-2)15-9-7-6-8-10-15/h6-10,14,16-18H,4-5,11-13H2,1-3H3. The van der Waals surface area contributed by atoms with Gasteiger partial charge in [0.2, 0.25) is 0 Å². The number of nitrogens with zero attached hydrogens (tertiary/aromatic N) is 1. The summed E-state index contributed by atoms with van der Waals surface area (Å²) in [7, 11) is 0. The molecular weight excluding hydrogens is 248 g/mol. The van der Waals surface area contributed by atoms with Crippen LogP contribution in [0.1, 0.15) is 38.8 Å². The highest BCUT2D eigenvalue weighted by Gasteiger charge is 2.29. The van der Waals surface area contributed by atoms with E-state index >= 15 is 0 Å². The first kappa shape index (κ1) is 15.5. The molecule has 3 atom stereocenters. The molecule has 1 N–H and O–H groups in total. The summed E-state index contributed by atoms with van der Waals surface area (Å²) in [4.78, 5) is 2.59. The average Bonchev–Trinajstić information content (AvgIpc) is 2.48. The Balaban J connectivity index is 2.16. The maximum Gasteiger partial charge on any atom is 0.0674 e. The maximum atomic E-state index is 5.69. The zero-order valence-corrected chi connectivity index (χ0v) is 13.0. The van der Waals surface area contributed by atoms with E-state index in [1.807, 2.05) is 0 Å². The van der Waals surface area contributed by atoms with Crippen LogP contribution in [0.3, 0.4) is 0 Å². The Morgan fingerprint density at radius 1 is 1.30 bits per heavy atom. The summed E-state index contributed by atoms with van der Waals surface area (Å²) in [6.07, 6.45) is 1.50. The van der Waals surface area contributed by atoms with Gasteiger partial charge in [0, 0.05) is 25.2 Å². The molecule has 1 saturated heterocycles. The van der Waals surface area contributed by atoms with Crippen molar-refractivity contribution in [3.05, 3.63) is 35.9 Å². The predicted octanol–water partition coefficient (Wildman–Crippen LogP) is 2.84. The molecule has 0 spiro atoms. The van der Waals surface area contributed by atoms with Crippen LogP contribution >= 0.6 is 0 Å². The Kier molecular flexibility index (Phi) is 6.02. The monoisotopic (exact) mass is 276 g/mol. The van der Waals surface area contributed by atoms with Crippen LogP contribution in [-0.4, -0.2) is 43.3 Å². The fourth-order valence-corrected chi connectivity index (χ4v) is 3.21. The number of rotatable bonds is 6. The smallest absolute Gasteiger partial charge is 0.0674 e. The van der Waals surface area contributed by atoms with Crippen molar-refractivity contribution >= 4 is 0 Å². The molecule has 1 aromatic rings. The van der Waals surface area contributed by atoms with Crippen LogP contribution in [0.4, 0.5) is 0 Å². The van der Waals surface area contributed by atoms with Gasteiger partial charge in [0.25, 0.3) is 0 Å². The van der Waals surface area contributed by atoms with Crippen LogP contribution in [0.15, 0.2) is 30.3 Å². The first-order valence-electron chi connectivity index (χ1n) is 7.90. The lowest BCUT2D eigenvalue weighted by Gasteiger charge is -2.41. The molecule has 3 nitrogen and oxygen atoms in total. The second-order valence-corrected chi connectivity index (χ2v) is 5.60. The SMILES string of the molecule is CCNC(c1ccccc1)C(CC)N1CCOC(C)C1. The van der Waals surface area contributed by atoms with E-state index in [9.17, 15) is 0 Å². The molecule has 0 aliphatic carbocycles. The van der Waals surface area contributed by atoms with Gasteiger partial charge < -0.3 is 10.1 Å². The average molecular weight is 276 g/mol. The Morgan fingerprint density at radius 3 is 2.65 bits per heavy atom. The summed E-state index contributed by atoms with van der Waals surface area (Å²) in [6.45, 7) is 10.6. The molecule has 1 fully saturated rings. The van der Waals surface area contributed by atoms with E-state index in [4.69, 9.17) is 4.74 Å². The van der Waals surface area contributed by atoms with Crippen LogP contribution in [0.25, 0.3) is 0 Å². The minimum atomic E-state index is 0.343. The van der Waals surface area contributed by atoms with Crippen LogP contribution in [-0.2, 0) is 4.74 Å². The quantitative estimate of drug-likeness (QED) is 0.864. The van der Waals surface area contributed by atoms with Crippen molar-refractivity contribution in [2.45, 2.75) is 45.4 Å². The largest absolute Gasteiger partial charge is 0.376 e. The third-order valence-electron chi connectivity index (χ3n) is 4.13. The molecule has 1 aromatic carbocycles. The van der Waals surface area contributed by atoms with Gasteiger partial charge in [-0.15, -0.1) is 0 Å². The summed E-state index contributed by atoms with van der Waals surface area (Å²) in [5.41, 5.74) is 1.39. The Morgan fingerprint density at radius 2 is 2.05 bits per heavy atom. The van der Waals surface area contributed by atoms with Gasteiger partial charge in [-0.3, -0.25) is 4.90 Å². The van der Waals surface area contributed by atoms with Crippen molar-refractivity contribution in [3.63, 3.8) is 0 Å². The lowest BCUT2D eigenvalue weighted by molar-refractivity contribution is -0.0405. The van der Waals surface area contributed by atoms with Crippen LogP contribution < -0.4 is 5.32 Å². The highest BCUT2D eigenvalue weighted by atomic mass is 16.5. The van der Waals surface area contributed by atoms with E-state index in [0.29, 0.717) is 18.2 Å². The minimum absolute atomic E-state index is 0.343. The van der Waals surface area contributed by atoms with Crippen LogP contribution in [0, 0.1) is 0 Å². The number of likely N-dealkylation sites (N-methyl/N-ethyl adjacent to an activating group) is 1. The van der Waals surface area contributed by atoms with E-state index in [0.717, 1.165) is 32.7 Å². The van der Waals surface area contributed by atoms with Gasteiger partial charge in [-0.2, -0.15) is 0 Å². The highest BCUT2D eigenvalue weighted by Crippen LogP contribution is 2.25. The summed E-state index contributed by atoms with van der Waals surface area (Å²) < 4.78 is 5.69. The van der Waals surface area contributed by atoms with Gasteiger partial charge in [-0.25, -0.2) is 0 Å². The molecule has 3 unspecified atom stereocenters. The zero-order valence-electron chi connectivity index (χ0n) is 13.0. The first-order chi connectivity index (χ1) is 9.76. The topological polar surface area (TPSA) is 24.5 Å². The molecule has 1 heterocycles. The summed E-state index contributed by atoms with van der Waals surface area (Å²) in [5, 5.41) is 3.68. The number of nitrogens with one attached hydrogen (secondary N) is 1. The summed E-state index contributed by atoms with van der Waals surface area (Å²) >= 11 is 0. The normalized spacial score (nSPS) is 23.4. The van der Waals surface area contributed by atoms with Gasteiger partial charge in [-0.05, 0) is 25.5 Å². The molecule has 0 bridgehead atoms. The Bertz CT molecular complexity index is 382. The molecule has 0 amide bonds. The molecule has 1 aliphatic rings. The van der Waals surface area contributed by atoms with Crippen molar-refractivity contribution in [2.75, 3.05) is 26.2 Å². The summed E-state index contributed by atoms with van der Waals surface area (Å²) in [6, 6.07) is 11.8. The van der Waals surface area contributed by atoms with Gasteiger partial charge in [0.1, 0.15) is 0 Å². The van der Waals surface area contributed by atoms with E-state index in [2.05, 4.69) is 61.3 Å². The molecule has 0 aromatic heterocycles. The molecule has 112 valence electrons. The molecule has 0 saturated carbocycles. The molecule has 2 rings (SSSR count).